The van der Waals surface area contributed by atoms with E-state index in [0.717, 1.165) is 0 Å². The van der Waals surface area contributed by atoms with Gasteiger partial charge in [0.15, 0.2) is 0 Å². The van der Waals surface area contributed by atoms with Crippen LogP contribution in [0.4, 0.5) is 9.18 Å². The van der Waals surface area contributed by atoms with Crippen LogP contribution < -0.4 is 5.32 Å². The second kappa shape index (κ2) is 5.03. The number of rotatable bonds is 3. The molecule has 0 bridgehead atoms. The number of halogens is 1. The summed E-state index contributed by atoms with van der Waals surface area (Å²) in [6, 6.07) is 5.82. The van der Waals surface area contributed by atoms with Crippen molar-refractivity contribution in [3.63, 3.8) is 0 Å². The molecule has 18 heavy (non-hydrogen) atoms. The first-order valence-electron chi connectivity index (χ1n) is 5.57. The number of aliphatic carboxylic acids is 1. The van der Waals surface area contributed by atoms with E-state index < -0.39 is 11.9 Å². The van der Waals surface area contributed by atoms with Crippen molar-refractivity contribution < 1.29 is 19.1 Å². The van der Waals surface area contributed by atoms with Crippen molar-refractivity contribution in [1.29, 1.82) is 0 Å². The lowest BCUT2D eigenvalue weighted by Gasteiger charge is -2.36. The molecule has 1 aliphatic heterocycles. The van der Waals surface area contributed by atoms with Crippen LogP contribution in [0.15, 0.2) is 24.3 Å². The smallest absolute Gasteiger partial charge is 0.317 e. The molecule has 0 spiro atoms. The number of carboxylic acid groups (broad SMARTS) is 1. The summed E-state index contributed by atoms with van der Waals surface area (Å²) in [6.45, 7) is 0.511. The molecule has 0 unspecified atom stereocenters. The normalized spacial score (nSPS) is 15.1. The van der Waals surface area contributed by atoms with E-state index in [1.165, 1.54) is 11.0 Å². The third kappa shape index (κ3) is 2.58. The molecule has 0 aromatic heterocycles. The zero-order valence-corrected chi connectivity index (χ0v) is 9.60. The number of carbonyl (C=O) groups excluding carboxylic acids is 1. The zero-order valence-electron chi connectivity index (χ0n) is 9.60. The number of nitrogens with one attached hydrogen (secondary N) is 1. The Bertz CT molecular complexity index is 472. The van der Waals surface area contributed by atoms with Crippen LogP contribution >= 0.6 is 0 Å². The van der Waals surface area contributed by atoms with Crippen LogP contribution in [0.2, 0.25) is 0 Å². The van der Waals surface area contributed by atoms with Crippen LogP contribution in [0.5, 0.6) is 0 Å². The monoisotopic (exact) mass is 252 g/mol. The van der Waals surface area contributed by atoms with E-state index in [4.69, 9.17) is 5.11 Å². The first-order chi connectivity index (χ1) is 8.58. The zero-order chi connectivity index (χ0) is 13.1. The number of benzene rings is 1. The highest BCUT2D eigenvalue weighted by atomic mass is 19.1. The standard InChI is InChI=1S/C12H13FN2O3/c13-10-4-2-1-3-8(10)5-14-12(18)15-6-9(7-15)11(16)17/h1-4,9H,5-7H2,(H,14,18)(H,16,17). The maximum atomic E-state index is 13.3. The summed E-state index contributed by atoms with van der Waals surface area (Å²) in [7, 11) is 0. The molecule has 1 aromatic carbocycles. The number of carbonyl (C=O) groups is 2. The summed E-state index contributed by atoms with van der Waals surface area (Å²) >= 11 is 0. The van der Waals surface area contributed by atoms with Crippen LogP contribution in [-0.4, -0.2) is 35.1 Å². The minimum atomic E-state index is -0.895. The van der Waals surface area contributed by atoms with Crippen LogP contribution in [0.1, 0.15) is 5.56 Å². The molecule has 2 amide bonds. The van der Waals surface area contributed by atoms with Gasteiger partial charge in [0.2, 0.25) is 0 Å². The summed E-state index contributed by atoms with van der Waals surface area (Å²) in [6.07, 6.45) is 0. The molecule has 1 aliphatic rings. The van der Waals surface area contributed by atoms with Crippen molar-refractivity contribution >= 4 is 12.0 Å². The largest absolute Gasteiger partial charge is 0.481 e. The average molecular weight is 252 g/mol. The highest BCUT2D eigenvalue weighted by Crippen LogP contribution is 2.15. The van der Waals surface area contributed by atoms with Gasteiger partial charge in [-0.3, -0.25) is 4.79 Å². The lowest BCUT2D eigenvalue weighted by Crippen LogP contribution is -2.56. The van der Waals surface area contributed by atoms with Crippen molar-refractivity contribution in [1.82, 2.24) is 10.2 Å². The molecule has 0 saturated carbocycles. The van der Waals surface area contributed by atoms with Gasteiger partial charge in [-0.25, -0.2) is 9.18 Å². The first kappa shape index (κ1) is 12.3. The van der Waals surface area contributed by atoms with Crippen molar-refractivity contribution in [2.24, 2.45) is 5.92 Å². The van der Waals surface area contributed by atoms with Gasteiger partial charge >= 0.3 is 12.0 Å². The second-order valence-corrected chi connectivity index (χ2v) is 4.19. The molecule has 5 nitrogen and oxygen atoms in total. The Balaban J connectivity index is 1.80. The molecule has 0 aliphatic carbocycles. The average Bonchev–Trinajstić information content (AvgIpc) is 2.25. The van der Waals surface area contributed by atoms with Crippen LogP contribution in [-0.2, 0) is 11.3 Å². The highest BCUT2D eigenvalue weighted by Gasteiger charge is 2.35. The van der Waals surface area contributed by atoms with Crippen LogP contribution in [0.3, 0.4) is 0 Å². The maximum absolute atomic E-state index is 13.3. The Morgan fingerprint density at radius 3 is 2.67 bits per heavy atom. The fraction of sp³-hybridized carbons (Fsp3) is 0.333. The molecule has 1 saturated heterocycles. The molecular weight excluding hydrogens is 239 g/mol. The molecule has 2 rings (SSSR count). The van der Waals surface area contributed by atoms with Crippen LogP contribution in [0.25, 0.3) is 0 Å². The van der Waals surface area contributed by atoms with E-state index >= 15 is 0 Å². The molecular formula is C12H13FN2O3. The van der Waals surface area contributed by atoms with Crippen molar-refractivity contribution in [3.05, 3.63) is 35.6 Å². The highest BCUT2D eigenvalue weighted by molar-refractivity contribution is 5.79. The Morgan fingerprint density at radius 2 is 2.06 bits per heavy atom. The van der Waals surface area contributed by atoms with Gasteiger partial charge in [0.25, 0.3) is 0 Å². The third-order valence-electron chi connectivity index (χ3n) is 2.91. The number of hydrogen-bond donors (Lipinski definition) is 2. The van der Waals surface area contributed by atoms with Gasteiger partial charge < -0.3 is 15.3 Å². The summed E-state index contributed by atoms with van der Waals surface area (Å²) in [4.78, 5) is 23.5. The summed E-state index contributed by atoms with van der Waals surface area (Å²) in [5.41, 5.74) is 0.404. The van der Waals surface area contributed by atoms with Gasteiger partial charge in [0, 0.05) is 25.2 Å². The van der Waals surface area contributed by atoms with E-state index in [1.54, 1.807) is 18.2 Å². The number of carboxylic acids is 1. The molecule has 6 heteroatoms. The molecule has 1 fully saturated rings. The molecule has 0 radical (unpaired) electrons. The molecule has 1 heterocycles. The number of amides is 2. The van der Waals surface area contributed by atoms with E-state index in [-0.39, 0.29) is 31.5 Å². The Morgan fingerprint density at radius 1 is 1.39 bits per heavy atom. The fourth-order valence-electron chi connectivity index (χ4n) is 1.72. The van der Waals surface area contributed by atoms with E-state index in [1.807, 2.05) is 0 Å². The van der Waals surface area contributed by atoms with E-state index in [9.17, 15) is 14.0 Å². The quantitative estimate of drug-likeness (QED) is 0.844. The minimum Gasteiger partial charge on any atom is -0.481 e. The van der Waals surface area contributed by atoms with Gasteiger partial charge in [0.05, 0.1) is 5.92 Å². The predicted molar refractivity (Wildman–Crippen MR) is 61.3 cm³/mol. The van der Waals surface area contributed by atoms with Gasteiger partial charge in [0.1, 0.15) is 5.82 Å². The summed E-state index contributed by atoms with van der Waals surface area (Å²) < 4.78 is 13.3. The van der Waals surface area contributed by atoms with Crippen molar-refractivity contribution in [2.75, 3.05) is 13.1 Å². The number of likely N-dealkylation sites (tertiary alicyclic amines) is 1. The number of hydrogen-bond acceptors (Lipinski definition) is 2. The number of nitrogens with zero attached hydrogens (tertiary/aromatic N) is 1. The van der Waals surface area contributed by atoms with Crippen LogP contribution in [0, 0.1) is 11.7 Å². The fourth-order valence-corrected chi connectivity index (χ4v) is 1.72. The van der Waals surface area contributed by atoms with Gasteiger partial charge in [-0.2, -0.15) is 0 Å². The molecule has 0 atom stereocenters. The SMILES string of the molecule is O=C(O)C1CN(C(=O)NCc2ccccc2F)C1. The van der Waals surface area contributed by atoms with Crippen molar-refractivity contribution in [2.45, 2.75) is 6.54 Å². The lowest BCUT2D eigenvalue weighted by atomic mass is 10.0. The van der Waals surface area contributed by atoms with Gasteiger partial charge in [-0.1, -0.05) is 18.2 Å². The minimum absolute atomic E-state index is 0.0970. The summed E-state index contributed by atoms with van der Waals surface area (Å²) in [5.74, 6) is -1.75. The third-order valence-corrected chi connectivity index (χ3v) is 2.91. The Labute approximate surface area is 103 Å². The molecule has 96 valence electrons. The van der Waals surface area contributed by atoms with E-state index in [0.29, 0.717) is 5.56 Å². The van der Waals surface area contributed by atoms with Gasteiger partial charge in [-0.15, -0.1) is 0 Å². The Kier molecular flexibility index (Phi) is 3.45. The molecule has 1 aromatic rings. The Hall–Kier alpha value is -2.11. The predicted octanol–water partition coefficient (Wildman–Crippen LogP) is 1.05. The molecule has 2 N–H and O–H groups in total. The van der Waals surface area contributed by atoms with E-state index in [2.05, 4.69) is 5.32 Å². The number of urea groups is 1. The lowest BCUT2D eigenvalue weighted by molar-refractivity contribution is -0.146. The van der Waals surface area contributed by atoms with Crippen molar-refractivity contribution in [3.8, 4) is 0 Å². The first-order valence-corrected chi connectivity index (χ1v) is 5.57. The van der Waals surface area contributed by atoms with Gasteiger partial charge in [-0.05, 0) is 6.07 Å². The topological polar surface area (TPSA) is 69.6 Å². The summed E-state index contributed by atoms with van der Waals surface area (Å²) in [5, 5.41) is 11.2. The maximum Gasteiger partial charge on any atom is 0.317 e. The second-order valence-electron chi connectivity index (χ2n) is 4.19.